The Bertz CT molecular complexity index is 1950. The van der Waals surface area contributed by atoms with Crippen LogP contribution in [0.4, 0.5) is 0 Å². The lowest BCUT2D eigenvalue weighted by atomic mass is 9.61. The van der Waals surface area contributed by atoms with Crippen LogP contribution in [0.15, 0.2) is 53.5 Å². The highest BCUT2D eigenvalue weighted by Crippen LogP contribution is 2.59. The van der Waals surface area contributed by atoms with Crippen molar-refractivity contribution in [1.82, 2.24) is 14.9 Å². The van der Waals surface area contributed by atoms with Gasteiger partial charge >= 0.3 is 5.97 Å². The minimum absolute atomic E-state index is 0.0321. The number of hydrogen-bond donors (Lipinski definition) is 2. The third-order valence-corrected chi connectivity index (χ3v) is 11.2. The molecule has 0 radical (unpaired) electrons. The number of nitrogens with zero attached hydrogens (tertiary/aromatic N) is 2. The van der Waals surface area contributed by atoms with Gasteiger partial charge in [0.25, 0.3) is 0 Å². The zero-order chi connectivity index (χ0) is 33.0. The van der Waals surface area contributed by atoms with Crippen molar-refractivity contribution >= 4 is 44.7 Å². The first-order chi connectivity index (χ1) is 23.3. The molecule has 4 saturated heterocycles. The second-order valence-corrected chi connectivity index (χ2v) is 14.1. The summed E-state index contributed by atoms with van der Waals surface area (Å²) in [5.41, 5.74) is 2.50. The van der Waals surface area contributed by atoms with E-state index < -0.39 is 29.9 Å². The quantitative estimate of drug-likeness (QED) is 0.146. The van der Waals surface area contributed by atoms with Gasteiger partial charge in [0.2, 0.25) is 18.0 Å². The fourth-order valence-electron chi connectivity index (χ4n) is 8.65. The Morgan fingerprint density at radius 3 is 2.75 bits per heavy atom. The van der Waals surface area contributed by atoms with Crippen LogP contribution in [0.3, 0.4) is 0 Å². The molecule has 1 amide bonds. The second-order valence-electron chi connectivity index (χ2n) is 14.1. The van der Waals surface area contributed by atoms with Crippen LogP contribution in [0.1, 0.15) is 65.2 Å². The van der Waals surface area contributed by atoms with Crippen molar-refractivity contribution in [2.24, 2.45) is 29.8 Å². The first-order valence-corrected chi connectivity index (χ1v) is 17.4. The highest BCUT2D eigenvalue weighted by atomic mass is 17.3. The number of amides is 1. The summed E-state index contributed by atoms with van der Waals surface area (Å²) in [4.78, 5) is 46.1. The number of pyridine rings is 1. The molecule has 6 heterocycles. The van der Waals surface area contributed by atoms with Gasteiger partial charge in [-0.25, -0.2) is 9.78 Å². The third kappa shape index (κ3) is 5.22. The summed E-state index contributed by atoms with van der Waals surface area (Å²) < 4.78 is 20.6. The molecule has 5 fully saturated rings. The van der Waals surface area contributed by atoms with Gasteiger partial charge < -0.3 is 29.1 Å². The number of rotatable bonds is 8. The molecule has 1 saturated carbocycles. The Morgan fingerprint density at radius 2 is 1.88 bits per heavy atom. The Kier molecular flexibility index (Phi) is 8.06. The molecule has 7 atom stereocenters. The molecule has 1 spiro atoms. The number of aromatic amines is 1. The Labute approximate surface area is 278 Å². The number of para-hydroxylation sites is 2. The number of carbonyl (C=O) groups is 2. The molecular weight excluding hydrogens is 612 g/mol. The van der Waals surface area contributed by atoms with E-state index in [0.29, 0.717) is 19.5 Å². The average molecular weight is 657 g/mol. The molecular formula is C37H44N4O7. The molecule has 48 heavy (non-hydrogen) atoms. The smallest absolute Gasteiger partial charge is 0.308 e. The molecule has 2 aromatic heterocycles. The van der Waals surface area contributed by atoms with E-state index >= 15 is 0 Å². The maximum absolute atomic E-state index is 12.9. The van der Waals surface area contributed by atoms with Gasteiger partial charge in [-0.05, 0) is 50.7 Å². The topological polar surface area (TPSA) is 125 Å². The molecule has 254 valence electrons. The van der Waals surface area contributed by atoms with E-state index in [4.69, 9.17) is 29.0 Å². The first kappa shape index (κ1) is 31.5. The van der Waals surface area contributed by atoms with Crippen LogP contribution < -0.4 is 10.7 Å². The number of aryl methyl sites for hydroxylation is 1. The number of nitrogens with one attached hydrogen (secondary N) is 2. The third-order valence-electron chi connectivity index (χ3n) is 11.2. The molecule has 2 N–H and O–H groups in total. The summed E-state index contributed by atoms with van der Waals surface area (Å²) in [6, 6.07) is 16.6. The van der Waals surface area contributed by atoms with Crippen molar-refractivity contribution in [3.8, 4) is 0 Å². The monoisotopic (exact) mass is 656 g/mol. The number of H-pyrrole nitrogens is 1. The first-order valence-electron chi connectivity index (χ1n) is 17.4. The lowest BCUT2D eigenvalue weighted by Crippen LogP contribution is -2.69. The maximum atomic E-state index is 12.9. The molecule has 1 aliphatic carbocycles. The van der Waals surface area contributed by atoms with Crippen LogP contribution in [0, 0.1) is 17.8 Å². The van der Waals surface area contributed by atoms with E-state index in [2.05, 4.69) is 46.2 Å². The summed E-state index contributed by atoms with van der Waals surface area (Å²) in [6.45, 7) is 4.91. The lowest BCUT2D eigenvalue weighted by Gasteiger charge is -2.58. The van der Waals surface area contributed by atoms with Crippen molar-refractivity contribution in [2.45, 2.75) is 89.2 Å². The molecule has 11 nitrogen and oxygen atoms in total. The van der Waals surface area contributed by atoms with E-state index in [1.54, 1.807) is 0 Å². The van der Waals surface area contributed by atoms with Crippen LogP contribution in [-0.2, 0) is 40.6 Å². The average Bonchev–Trinajstić information content (AvgIpc) is 3.35. The minimum atomic E-state index is -0.881. The van der Waals surface area contributed by atoms with Gasteiger partial charge in [-0.3, -0.25) is 14.6 Å². The van der Waals surface area contributed by atoms with Gasteiger partial charge in [-0.15, -0.1) is 0 Å². The highest BCUT2D eigenvalue weighted by molar-refractivity contribution is 6.09. The zero-order valence-electron chi connectivity index (χ0n) is 27.8. The van der Waals surface area contributed by atoms with Gasteiger partial charge in [0.1, 0.15) is 5.65 Å². The van der Waals surface area contributed by atoms with Crippen LogP contribution >= 0.6 is 0 Å². The number of benzene rings is 2. The summed E-state index contributed by atoms with van der Waals surface area (Å²) in [5, 5.41) is 7.21. The minimum Gasteiger partial charge on any atom is -0.435 e. The van der Waals surface area contributed by atoms with Crippen LogP contribution in [-0.4, -0.2) is 58.5 Å². The van der Waals surface area contributed by atoms with Gasteiger partial charge in [0, 0.05) is 61.1 Å². The Balaban J connectivity index is 0.869. The molecule has 2 bridgehead atoms. The highest BCUT2D eigenvalue weighted by Gasteiger charge is 2.68. The maximum Gasteiger partial charge on any atom is 0.308 e. The van der Waals surface area contributed by atoms with Crippen molar-refractivity contribution in [3.05, 3.63) is 53.9 Å². The molecule has 2 aromatic carbocycles. The van der Waals surface area contributed by atoms with E-state index in [1.807, 2.05) is 38.1 Å². The number of fused-ring (bicyclic) bond motifs is 6. The summed E-state index contributed by atoms with van der Waals surface area (Å²) in [6.07, 6.45) is 3.95. The molecule has 4 aliphatic heterocycles. The Hall–Kier alpha value is -3.77. The van der Waals surface area contributed by atoms with Crippen LogP contribution in [0.2, 0.25) is 0 Å². The Morgan fingerprint density at radius 1 is 1.06 bits per heavy atom. The lowest BCUT2D eigenvalue weighted by molar-refractivity contribution is -0.575. The van der Waals surface area contributed by atoms with E-state index in [0.717, 1.165) is 70.3 Å². The van der Waals surface area contributed by atoms with Crippen LogP contribution in [0.25, 0.3) is 32.8 Å². The van der Waals surface area contributed by atoms with Gasteiger partial charge in [0.15, 0.2) is 11.9 Å². The summed E-state index contributed by atoms with van der Waals surface area (Å²) in [5.74, 6) is -1.30. The van der Waals surface area contributed by atoms with E-state index in [9.17, 15) is 9.59 Å². The number of carbonyl (C=O) groups excluding carboxylic acids is 2. The molecule has 5 aliphatic rings. The molecule has 4 aromatic rings. The summed E-state index contributed by atoms with van der Waals surface area (Å²) in [7, 11) is 2.07. The van der Waals surface area contributed by atoms with Gasteiger partial charge in [-0.2, -0.15) is 0 Å². The van der Waals surface area contributed by atoms with Crippen molar-refractivity contribution in [3.63, 3.8) is 0 Å². The number of hydrogen-bond acceptors (Lipinski definition) is 8. The number of esters is 1. The molecule has 9 rings (SSSR count). The predicted molar refractivity (Wildman–Crippen MR) is 178 cm³/mol. The SMILES string of the molecule is C[C@H]1[C@H](OC(=O)CCC(=O)NCCCN=c2c3ccccc3n(C)c3[nH]c4ccccc4c23)O[C@@H]2O[C@@]3(C)CC[C@H]4CCC[C@@H]1[C@]42OO3. The largest absolute Gasteiger partial charge is 0.435 e. The number of ether oxygens (including phenoxy) is 3. The van der Waals surface area contributed by atoms with E-state index in [1.165, 1.54) is 0 Å². The summed E-state index contributed by atoms with van der Waals surface area (Å²) >= 11 is 0. The standard InChI is InChI=1S/C37H44N4O7/c1-22-26-13-8-10-23-18-19-36(2)46-35(37(23,26)48-47-36)45-34(22)44-30(43)17-16-29(42)38-20-9-21-39-32-25-12-5-7-15-28(25)41(3)33-31(32)24-11-4-6-14-27(24)40-33/h4-7,11-12,14-15,22-23,26,34-35,40H,8-10,13,16-21H2,1-3H3,(H,38,42)/t22-,23-,26+,34-,35-,36-,37-/m1/s1. The van der Waals surface area contributed by atoms with Crippen molar-refractivity contribution in [1.29, 1.82) is 0 Å². The normalized spacial score (nSPS) is 31.6. The van der Waals surface area contributed by atoms with Crippen molar-refractivity contribution in [2.75, 3.05) is 13.1 Å². The van der Waals surface area contributed by atoms with Crippen molar-refractivity contribution < 1.29 is 33.6 Å². The zero-order valence-corrected chi connectivity index (χ0v) is 27.8. The second kappa shape index (κ2) is 12.3. The van der Waals surface area contributed by atoms with Gasteiger partial charge in [-0.1, -0.05) is 49.7 Å². The van der Waals surface area contributed by atoms with E-state index in [-0.39, 0.29) is 36.5 Å². The fourth-order valence-corrected chi connectivity index (χ4v) is 8.65. The molecule has 11 heteroatoms. The fraction of sp³-hybridized carbons (Fsp3) is 0.541. The predicted octanol–water partition coefficient (Wildman–Crippen LogP) is 5.51. The molecule has 0 unspecified atom stereocenters. The number of aromatic nitrogens is 2. The van der Waals surface area contributed by atoms with Crippen LogP contribution in [0.5, 0.6) is 0 Å². The van der Waals surface area contributed by atoms with Gasteiger partial charge in [0.05, 0.1) is 22.7 Å².